The number of hydrogen-bond acceptors (Lipinski definition) is 5. The van der Waals surface area contributed by atoms with Crippen LogP contribution in [-0.2, 0) is 6.42 Å². The highest BCUT2D eigenvalue weighted by atomic mass is 16.5. The van der Waals surface area contributed by atoms with Crippen molar-refractivity contribution in [1.29, 1.82) is 5.26 Å². The SMILES string of the molecule is N#Cc1cccc(C[C@H](N)COc2cncc(/C=C/c3ccncc3)c2)c1. The van der Waals surface area contributed by atoms with E-state index in [1.54, 1.807) is 30.9 Å². The van der Waals surface area contributed by atoms with Crippen LogP contribution in [0.1, 0.15) is 22.3 Å². The van der Waals surface area contributed by atoms with Crippen LogP contribution < -0.4 is 10.5 Å². The maximum Gasteiger partial charge on any atom is 0.138 e. The summed E-state index contributed by atoms with van der Waals surface area (Å²) in [5.74, 6) is 0.674. The molecule has 0 spiro atoms. The highest BCUT2D eigenvalue weighted by Gasteiger charge is 2.07. The Morgan fingerprint density at radius 3 is 2.67 bits per heavy atom. The van der Waals surface area contributed by atoms with Gasteiger partial charge < -0.3 is 10.5 Å². The van der Waals surface area contributed by atoms with Gasteiger partial charge in [0, 0.05) is 24.6 Å². The minimum absolute atomic E-state index is 0.171. The average molecular weight is 356 g/mol. The predicted octanol–water partition coefficient (Wildman–Crippen LogP) is 3.47. The molecule has 27 heavy (non-hydrogen) atoms. The first-order valence-electron chi connectivity index (χ1n) is 8.63. The monoisotopic (exact) mass is 356 g/mol. The number of pyridine rings is 2. The van der Waals surface area contributed by atoms with E-state index in [9.17, 15) is 0 Å². The Morgan fingerprint density at radius 2 is 1.85 bits per heavy atom. The van der Waals surface area contributed by atoms with Gasteiger partial charge in [-0.15, -0.1) is 0 Å². The van der Waals surface area contributed by atoms with Crippen LogP contribution in [0.2, 0.25) is 0 Å². The van der Waals surface area contributed by atoms with Crippen molar-refractivity contribution in [1.82, 2.24) is 9.97 Å². The Morgan fingerprint density at radius 1 is 1.04 bits per heavy atom. The number of benzene rings is 1. The van der Waals surface area contributed by atoms with Crippen molar-refractivity contribution < 1.29 is 4.74 Å². The second-order valence-electron chi connectivity index (χ2n) is 6.16. The Labute approximate surface area is 158 Å². The molecule has 0 saturated heterocycles. The minimum Gasteiger partial charge on any atom is -0.490 e. The summed E-state index contributed by atoms with van der Waals surface area (Å²) in [6, 6.07) is 15.2. The number of nitrogens with two attached hydrogens (primary N) is 1. The molecule has 0 amide bonds. The maximum absolute atomic E-state index is 8.97. The minimum atomic E-state index is -0.171. The summed E-state index contributed by atoms with van der Waals surface area (Å²) in [5.41, 5.74) is 9.84. The van der Waals surface area contributed by atoms with Crippen LogP contribution >= 0.6 is 0 Å². The molecule has 0 aliphatic heterocycles. The zero-order valence-corrected chi connectivity index (χ0v) is 14.8. The van der Waals surface area contributed by atoms with E-state index in [1.807, 2.05) is 48.6 Å². The van der Waals surface area contributed by atoms with Gasteiger partial charge >= 0.3 is 0 Å². The maximum atomic E-state index is 8.97. The van der Waals surface area contributed by atoms with Crippen LogP contribution in [-0.4, -0.2) is 22.6 Å². The standard InChI is InChI=1S/C22H20N4O/c23-13-19-3-1-2-18(10-19)11-21(24)16-27-22-12-20(14-26-15-22)5-4-17-6-8-25-9-7-17/h1-10,12,14-15,21H,11,16,24H2/b5-4+/t21-/m0/s1. The lowest BCUT2D eigenvalue weighted by Crippen LogP contribution is -2.30. The van der Waals surface area contributed by atoms with Gasteiger partial charge in [-0.2, -0.15) is 5.26 Å². The molecule has 0 fully saturated rings. The lowest BCUT2D eigenvalue weighted by molar-refractivity contribution is 0.286. The summed E-state index contributed by atoms with van der Waals surface area (Å²) in [5, 5.41) is 8.97. The van der Waals surface area contributed by atoms with Crippen LogP contribution in [0.3, 0.4) is 0 Å². The molecule has 0 bridgehead atoms. The Kier molecular flexibility index (Phi) is 6.29. The van der Waals surface area contributed by atoms with E-state index in [2.05, 4.69) is 16.0 Å². The molecule has 0 aliphatic carbocycles. The zero-order valence-electron chi connectivity index (χ0n) is 14.8. The van der Waals surface area contributed by atoms with Gasteiger partial charge in [0.25, 0.3) is 0 Å². The second-order valence-corrected chi connectivity index (χ2v) is 6.16. The van der Waals surface area contributed by atoms with E-state index in [0.29, 0.717) is 24.3 Å². The number of aromatic nitrogens is 2. The summed E-state index contributed by atoms with van der Waals surface area (Å²) >= 11 is 0. The Bertz CT molecular complexity index is 948. The van der Waals surface area contributed by atoms with Crippen LogP contribution in [0.5, 0.6) is 5.75 Å². The first-order chi connectivity index (χ1) is 13.2. The summed E-state index contributed by atoms with van der Waals surface area (Å²) in [4.78, 5) is 8.22. The van der Waals surface area contributed by atoms with Crippen molar-refractivity contribution in [3.05, 3.63) is 89.5 Å². The van der Waals surface area contributed by atoms with Crippen molar-refractivity contribution in [3.8, 4) is 11.8 Å². The second kappa shape index (κ2) is 9.27. The van der Waals surface area contributed by atoms with E-state index >= 15 is 0 Å². The largest absolute Gasteiger partial charge is 0.490 e. The van der Waals surface area contributed by atoms with Gasteiger partial charge in [-0.3, -0.25) is 9.97 Å². The summed E-state index contributed by atoms with van der Waals surface area (Å²) < 4.78 is 5.79. The highest BCUT2D eigenvalue weighted by molar-refractivity contribution is 5.69. The molecule has 1 atom stereocenters. The van der Waals surface area contributed by atoms with E-state index < -0.39 is 0 Å². The number of rotatable bonds is 7. The molecule has 0 aliphatic rings. The van der Waals surface area contributed by atoms with Crippen LogP contribution in [0.4, 0.5) is 0 Å². The molecule has 2 N–H and O–H groups in total. The van der Waals surface area contributed by atoms with Gasteiger partial charge in [0.2, 0.25) is 0 Å². The molecule has 0 unspecified atom stereocenters. The Hall–Kier alpha value is -3.49. The lowest BCUT2D eigenvalue weighted by Gasteiger charge is -2.13. The van der Waals surface area contributed by atoms with Crippen molar-refractivity contribution in [2.75, 3.05) is 6.61 Å². The molecular weight excluding hydrogens is 336 g/mol. The van der Waals surface area contributed by atoms with E-state index in [4.69, 9.17) is 15.7 Å². The molecule has 134 valence electrons. The van der Waals surface area contributed by atoms with E-state index in [0.717, 1.165) is 16.7 Å². The van der Waals surface area contributed by atoms with Crippen LogP contribution in [0.15, 0.2) is 67.3 Å². The van der Waals surface area contributed by atoms with Crippen molar-refractivity contribution in [2.24, 2.45) is 5.73 Å². The normalized spacial score (nSPS) is 11.9. The summed E-state index contributed by atoms with van der Waals surface area (Å²) in [6.45, 7) is 0.371. The van der Waals surface area contributed by atoms with Gasteiger partial charge in [-0.1, -0.05) is 24.3 Å². The molecule has 2 heterocycles. The van der Waals surface area contributed by atoms with Crippen LogP contribution in [0.25, 0.3) is 12.2 Å². The Balaban J connectivity index is 1.56. The molecule has 1 aromatic carbocycles. The van der Waals surface area contributed by atoms with Gasteiger partial charge in [0.1, 0.15) is 12.4 Å². The smallest absolute Gasteiger partial charge is 0.138 e. The van der Waals surface area contributed by atoms with Crippen molar-refractivity contribution >= 4 is 12.2 Å². The number of ether oxygens (including phenoxy) is 1. The fourth-order valence-corrected chi connectivity index (χ4v) is 2.61. The molecular formula is C22H20N4O. The first kappa shape index (κ1) is 18.3. The third-order valence-corrected chi connectivity index (χ3v) is 3.93. The van der Waals surface area contributed by atoms with Crippen LogP contribution in [0, 0.1) is 11.3 Å². The highest BCUT2D eigenvalue weighted by Crippen LogP contribution is 2.15. The lowest BCUT2D eigenvalue weighted by atomic mass is 10.0. The molecule has 3 aromatic rings. The third-order valence-electron chi connectivity index (χ3n) is 3.93. The molecule has 3 rings (SSSR count). The number of nitriles is 1. The number of hydrogen-bond donors (Lipinski definition) is 1. The fourth-order valence-electron chi connectivity index (χ4n) is 2.61. The average Bonchev–Trinajstić information content (AvgIpc) is 2.72. The van der Waals surface area contributed by atoms with Crippen molar-refractivity contribution in [3.63, 3.8) is 0 Å². The third kappa shape index (κ3) is 5.77. The predicted molar refractivity (Wildman–Crippen MR) is 106 cm³/mol. The van der Waals surface area contributed by atoms with E-state index in [-0.39, 0.29) is 6.04 Å². The van der Waals surface area contributed by atoms with Crippen molar-refractivity contribution in [2.45, 2.75) is 12.5 Å². The molecule has 0 radical (unpaired) electrons. The van der Waals surface area contributed by atoms with E-state index in [1.165, 1.54) is 0 Å². The summed E-state index contributed by atoms with van der Waals surface area (Å²) in [7, 11) is 0. The first-order valence-corrected chi connectivity index (χ1v) is 8.63. The van der Waals surface area contributed by atoms with Gasteiger partial charge in [0.05, 0.1) is 17.8 Å². The molecule has 0 saturated carbocycles. The zero-order chi connectivity index (χ0) is 18.9. The van der Waals surface area contributed by atoms with Gasteiger partial charge in [-0.25, -0.2) is 0 Å². The molecule has 5 heteroatoms. The molecule has 5 nitrogen and oxygen atoms in total. The topological polar surface area (TPSA) is 84.8 Å². The number of nitrogens with zero attached hydrogens (tertiary/aromatic N) is 3. The quantitative estimate of drug-likeness (QED) is 0.701. The fraction of sp³-hybridized carbons (Fsp3) is 0.136. The van der Waals surface area contributed by atoms with Gasteiger partial charge in [-0.05, 0) is 53.4 Å². The van der Waals surface area contributed by atoms with Gasteiger partial charge in [0.15, 0.2) is 0 Å². The summed E-state index contributed by atoms with van der Waals surface area (Å²) in [6.07, 6.45) is 11.6. The molecule has 2 aromatic heterocycles.